The molecule has 7 heteroatoms. The van der Waals surface area contributed by atoms with Gasteiger partial charge in [0.25, 0.3) is 11.8 Å². The Hall–Kier alpha value is -3.22. The minimum Gasteiger partial charge on any atom is -0.445 e. The molecule has 1 unspecified atom stereocenters. The zero-order chi connectivity index (χ0) is 20.3. The molecule has 3 rings (SSSR count). The van der Waals surface area contributed by atoms with Crippen LogP contribution in [0.1, 0.15) is 38.8 Å². The molecule has 0 aromatic heterocycles. The molecule has 0 saturated carbocycles. The summed E-state index contributed by atoms with van der Waals surface area (Å²) in [5.41, 5.74) is 0.576. The molecule has 1 aliphatic rings. The smallest absolute Gasteiger partial charge is 0.339 e. The van der Waals surface area contributed by atoms with Crippen LogP contribution >= 0.6 is 0 Å². The maximum Gasteiger partial charge on any atom is 0.339 e. The third-order valence-electron chi connectivity index (χ3n) is 4.69. The fourth-order valence-electron chi connectivity index (χ4n) is 3.03. The van der Waals surface area contributed by atoms with E-state index in [4.69, 9.17) is 4.74 Å². The van der Waals surface area contributed by atoms with E-state index in [2.05, 4.69) is 10.6 Å². The van der Waals surface area contributed by atoms with Crippen LogP contribution in [0.3, 0.4) is 0 Å². The van der Waals surface area contributed by atoms with Crippen LogP contribution in [0, 0.1) is 12.7 Å². The van der Waals surface area contributed by atoms with Crippen molar-refractivity contribution in [2.24, 2.45) is 0 Å². The van der Waals surface area contributed by atoms with Crippen LogP contribution in [0.25, 0.3) is 0 Å². The predicted molar refractivity (Wildman–Crippen MR) is 100 cm³/mol. The van der Waals surface area contributed by atoms with Crippen molar-refractivity contribution in [3.05, 3.63) is 70.5 Å². The van der Waals surface area contributed by atoms with E-state index < -0.39 is 29.2 Å². The molecule has 1 aliphatic heterocycles. The van der Waals surface area contributed by atoms with Gasteiger partial charge in [-0.2, -0.15) is 0 Å². The van der Waals surface area contributed by atoms with Crippen LogP contribution in [0.2, 0.25) is 0 Å². The Bertz CT molecular complexity index is 944. The standard InChI is InChI=1S/C21H21FN2O4/c1-13-7-8-14(11-17(13)22)18(25)23-9-10-24-20(27)21(2)12-15-5-3-4-6-16(15)19(26)28-21/h3-8,11H,9-10,12H2,1-2H3,(H,23,25)(H,24,27). The highest BCUT2D eigenvalue weighted by Gasteiger charge is 2.42. The number of rotatable bonds is 5. The molecule has 28 heavy (non-hydrogen) atoms. The summed E-state index contributed by atoms with van der Waals surface area (Å²) in [6, 6.07) is 11.2. The van der Waals surface area contributed by atoms with Gasteiger partial charge in [-0.3, -0.25) is 9.59 Å². The number of fused-ring (bicyclic) bond motifs is 1. The molecule has 6 nitrogen and oxygen atoms in total. The van der Waals surface area contributed by atoms with E-state index >= 15 is 0 Å². The van der Waals surface area contributed by atoms with E-state index in [1.165, 1.54) is 18.2 Å². The second kappa shape index (κ2) is 7.80. The molecule has 0 spiro atoms. The lowest BCUT2D eigenvalue weighted by molar-refractivity contribution is -0.139. The summed E-state index contributed by atoms with van der Waals surface area (Å²) in [6.07, 6.45) is 0.274. The number of nitrogens with one attached hydrogen (secondary N) is 2. The van der Waals surface area contributed by atoms with Crippen molar-refractivity contribution in [3.63, 3.8) is 0 Å². The highest BCUT2D eigenvalue weighted by atomic mass is 19.1. The number of esters is 1. The van der Waals surface area contributed by atoms with Crippen molar-refractivity contribution in [1.29, 1.82) is 0 Å². The Morgan fingerprint density at radius 1 is 1.14 bits per heavy atom. The summed E-state index contributed by atoms with van der Waals surface area (Å²) in [5.74, 6) is -1.86. The quantitative estimate of drug-likeness (QED) is 0.611. The molecule has 2 aromatic carbocycles. The van der Waals surface area contributed by atoms with Crippen molar-refractivity contribution in [3.8, 4) is 0 Å². The molecule has 0 aliphatic carbocycles. The summed E-state index contributed by atoms with van der Waals surface area (Å²) < 4.78 is 18.9. The molecule has 0 radical (unpaired) electrons. The Labute approximate surface area is 162 Å². The van der Waals surface area contributed by atoms with Crippen LogP contribution in [-0.2, 0) is 16.0 Å². The largest absolute Gasteiger partial charge is 0.445 e. The van der Waals surface area contributed by atoms with E-state index in [1.54, 1.807) is 38.1 Å². The molecule has 0 fully saturated rings. The van der Waals surface area contributed by atoms with E-state index in [-0.39, 0.29) is 25.1 Å². The van der Waals surface area contributed by atoms with E-state index in [0.29, 0.717) is 11.1 Å². The summed E-state index contributed by atoms with van der Waals surface area (Å²) >= 11 is 0. The number of ether oxygens (including phenoxy) is 1. The second-order valence-corrected chi connectivity index (χ2v) is 6.93. The van der Waals surface area contributed by atoms with Gasteiger partial charge in [-0.05, 0) is 43.2 Å². The normalized spacial score (nSPS) is 18.0. The van der Waals surface area contributed by atoms with Gasteiger partial charge in [-0.1, -0.05) is 24.3 Å². The van der Waals surface area contributed by atoms with Crippen LogP contribution in [0.4, 0.5) is 4.39 Å². The number of carbonyl (C=O) groups is 3. The number of halogens is 1. The van der Waals surface area contributed by atoms with Crippen molar-refractivity contribution in [2.75, 3.05) is 13.1 Å². The summed E-state index contributed by atoms with van der Waals surface area (Å²) in [6.45, 7) is 3.47. The van der Waals surface area contributed by atoms with Gasteiger partial charge in [0.1, 0.15) is 5.82 Å². The Kier molecular flexibility index (Phi) is 5.44. The summed E-state index contributed by atoms with van der Waals surface area (Å²) in [7, 11) is 0. The maximum absolute atomic E-state index is 13.5. The highest BCUT2D eigenvalue weighted by Crippen LogP contribution is 2.28. The Morgan fingerprint density at radius 3 is 2.61 bits per heavy atom. The molecule has 2 aromatic rings. The molecule has 0 bridgehead atoms. The van der Waals surface area contributed by atoms with Gasteiger partial charge in [0, 0.05) is 25.1 Å². The Morgan fingerprint density at radius 2 is 1.86 bits per heavy atom. The maximum atomic E-state index is 13.5. The van der Waals surface area contributed by atoms with Crippen LogP contribution in [-0.4, -0.2) is 36.5 Å². The first-order valence-electron chi connectivity index (χ1n) is 8.94. The highest BCUT2D eigenvalue weighted by molar-refractivity contribution is 5.97. The zero-order valence-electron chi connectivity index (χ0n) is 15.7. The lowest BCUT2D eigenvalue weighted by Crippen LogP contribution is -2.52. The molecule has 146 valence electrons. The van der Waals surface area contributed by atoms with Crippen molar-refractivity contribution >= 4 is 17.8 Å². The van der Waals surface area contributed by atoms with Gasteiger partial charge in [0.15, 0.2) is 5.60 Å². The minimum atomic E-state index is -1.31. The first kappa shape index (κ1) is 19.5. The summed E-state index contributed by atoms with van der Waals surface area (Å²) in [5, 5.41) is 5.28. The average Bonchev–Trinajstić information content (AvgIpc) is 2.67. The number of hydrogen-bond acceptors (Lipinski definition) is 4. The van der Waals surface area contributed by atoms with Crippen LogP contribution in [0.15, 0.2) is 42.5 Å². The molecule has 1 atom stereocenters. The van der Waals surface area contributed by atoms with Crippen LogP contribution in [0.5, 0.6) is 0 Å². The molecule has 2 amide bonds. The van der Waals surface area contributed by atoms with E-state index in [9.17, 15) is 18.8 Å². The number of hydrogen-bond donors (Lipinski definition) is 2. The lowest BCUT2D eigenvalue weighted by Gasteiger charge is -2.33. The van der Waals surface area contributed by atoms with Gasteiger partial charge in [-0.15, -0.1) is 0 Å². The number of aryl methyl sites for hydroxylation is 1. The number of amides is 2. The van der Waals surface area contributed by atoms with Crippen molar-refractivity contribution in [1.82, 2.24) is 10.6 Å². The molecular weight excluding hydrogens is 363 g/mol. The number of cyclic esters (lactones) is 1. The van der Waals surface area contributed by atoms with E-state index in [0.717, 1.165) is 5.56 Å². The number of benzene rings is 2. The average molecular weight is 384 g/mol. The third-order valence-corrected chi connectivity index (χ3v) is 4.69. The molecule has 0 saturated heterocycles. The van der Waals surface area contributed by atoms with Gasteiger partial charge in [-0.25, -0.2) is 9.18 Å². The minimum absolute atomic E-state index is 0.147. The Balaban J connectivity index is 1.52. The molecular formula is C21H21FN2O4. The van der Waals surface area contributed by atoms with Gasteiger partial charge in [0.2, 0.25) is 0 Å². The number of carbonyl (C=O) groups excluding carboxylic acids is 3. The molecule has 1 heterocycles. The van der Waals surface area contributed by atoms with Crippen molar-refractivity contribution < 1.29 is 23.5 Å². The van der Waals surface area contributed by atoms with E-state index in [1.807, 2.05) is 0 Å². The first-order chi connectivity index (χ1) is 13.3. The monoisotopic (exact) mass is 384 g/mol. The lowest BCUT2D eigenvalue weighted by atomic mass is 9.89. The fraction of sp³-hybridized carbons (Fsp3) is 0.286. The SMILES string of the molecule is Cc1ccc(C(=O)NCCNC(=O)C2(C)Cc3ccccc3C(=O)O2)cc1F. The first-order valence-corrected chi connectivity index (χ1v) is 8.94. The third kappa shape index (κ3) is 4.03. The second-order valence-electron chi connectivity index (χ2n) is 6.93. The summed E-state index contributed by atoms with van der Waals surface area (Å²) in [4.78, 5) is 36.7. The molecule has 2 N–H and O–H groups in total. The van der Waals surface area contributed by atoms with Gasteiger partial charge in [0.05, 0.1) is 5.56 Å². The zero-order valence-corrected chi connectivity index (χ0v) is 15.7. The van der Waals surface area contributed by atoms with Crippen LogP contribution < -0.4 is 10.6 Å². The van der Waals surface area contributed by atoms with Gasteiger partial charge >= 0.3 is 5.97 Å². The van der Waals surface area contributed by atoms with Crippen molar-refractivity contribution in [2.45, 2.75) is 25.9 Å². The van der Waals surface area contributed by atoms with Gasteiger partial charge < -0.3 is 15.4 Å². The fourth-order valence-corrected chi connectivity index (χ4v) is 3.03. The topological polar surface area (TPSA) is 84.5 Å². The predicted octanol–water partition coefficient (Wildman–Crippen LogP) is 2.15.